The summed E-state index contributed by atoms with van der Waals surface area (Å²) in [5.41, 5.74) is 7.11. The quantitative estimate of drug-likeness (QED) is 0.776. The van der Waals surface area contributed by atoms with Crippen LogP contribution in [0.4, 0.5) is 0 Å². The van der Waals surface area contributed by atoms with Crippen LogP contribution < -0.4 is 11.1 Å². The molecule has 0 saturated carbocycles. The van der Waals surface area contributed by atoms with Crippen LogP contribution in [-0.4, -0.2) is 30.2 Å². The van der Waals surface area contributed by atoms with Gasteiger partial charge in [-0.25, -0.2) is 0 Å². The molecule has 0 fully saturated rings. The first-order valence-electron chi connectivity index (χ1n) is 7.84. The molecule has 1 aromatic carbocycles. The molecule has 0 saturated heterocycles. The number of amides is 1. The second-order valence-corrected chi connectivity index (χ2v) is 7.18. The zero-order valence-electron chi connectivity index (χ0n) is 14.5. The molecule has 4 nitrogen and oxygen atoms in total. The van der Waals surface area contributed by atoms with Crippen LogP contribution in [0.25, 0.3) is 0 Å². The first-order valence-corrected chi connectivity index (χ1v) is 7.84. The van der Waals surface area contributed by atoms with Crippen LogP contribution in [0.15, 0.2) is 24.3 Å². The molecule has 0 atom stereocenters. The van der Waals surface area contributed by atoms with Crippen LogP contribution in [0.2, 0.25) is 0 Å². The maximum absolute atomic E-state index is 12.2. The number of rotatable bonds is 8. The van der Waals surface area contributed by atoms with E-state index in [-0.39, 0.29) is 11.5 Å². The summed E-state index contributed by atoms with van der Waals surface area (Å²) in [6.45, 7) is 11.1. The highest BCUT2D eigenvalue weighted by Gasteiger charge is 2.25. The fourth-order valence-corrected chi connectivity index (χ4v) is 2.14. The third-order valence-electron chi connectivity index (χ3n) is 3.53. The Hall–Kier alpha value is -1.39. The van der Waals surface area contributed by atoms with Crippen molar-refractivity contribution < 1.29 is 9.53 Å². The minimum absolute atomic E-state index is 0.00841. The van der Waals surface area contributed by atoms with Crippen molar-refractivity contribution in [1.29, 1.82) is 0 Å². The Bertz CT molecular complexity index is 478. The fourth-order valence-electron chi connectivity index (χ4n) is 2.14. The van der Waals surface area contributed by atoms with E-state index in [0.29, 0.717) is 19.6 Å². The van der Waals surface area contributed by atoms with Gasteiger partial charge in [-0.05, 0) is 53.1 Å². The van der Waals surface area contributed by atoms with Gasteiger partial charge in [0.1, 0.15) is 0 Å². The van der Waals surface area contributed by atoms with E-state index < -0.39 is 5.54 Å². The molecule has 0 spiro atoms. The highest BCUT2D eigenvalue weighted by atomic mass is 16.5. The minimum atomic E-state index is -0.409. The summed E-state index contributed by atoms with van der Waals surface area (Å²) in [6.07, 6.45) is 1.18. The maximum Gasteiger partial charge on any atom is 0.224 e. The van der Waals surface area contributed by atoms with Gasteiger partial charge in [-0.1, -0.05) is 29.8 Å². The molecular weight excluding hydrogens is 276 g/mol. The van der Waals surface area contributed by atoms with Gasteiger partial charge < -0.3 is 15.8 Å². The summed E-state index contributed by atoms with van der Waals surface area (Å²) in [6, 6.07) is 8.02. The molecule has 1 rings (SSSR count). The van der Waals surface area contributed by atoms with Crippen molar-refractivity contribution in [1.82, 2.24) is 5.32 Å². The minimum Gasteiger partial charge on any atom is -0.373 e. The van der Waals surface area contributed by atoms with Crippen molar-refractivity contribution in [2.75, 3.05) is 13.2 Å². The van der Waals surface area contributed by atoms with E-state index in [4.69, 9.17) is 10.5 Å². The van der Waals surface area contributed by atoms with Crippen LogP contribution in [0.1, 0.15) is 45.2 Å². The van der Waals surface area contributed by atoms with Crippen LogP contribution in [0, 0.1) is 6.92 Å². The van der Waals surface area contributed by atoms with Crippen molar-refractivity contribution in [3.63, 3.8) is 0 Å². The number of nitrogens with two attached hydrogens (primary N) is 1. The number of ether oxygens (including phenoxy) is 1. The first-order chi connectivity index (χ1) is 10.1. The van der Waals surface area contributed by atoms with Crippen LogP contribution >= 0.6 is 0 Å². The Morgan fingerprint density at radius 2 is 1.77 bits per heavy atom. The average Bonchev–Trinajstić information content (AvgIpc) is 2.39. The molecule has 4 heteroatoms. The zero-order valence-corrected chi connectivity index (χ0v) is 14.5. The molecule has 1 aromatic rings. The molecule has 0 aliphatic rings. The Kier molecular flexibility index (Phi) is 6.57. The van der Waals surface area contributed by atoms with Crippen molar-refractivity contribution >= 4 is 5.91 Å². The number of nitrogens with one attached hydrogen (secondary N) is 1. The monoisotopic (exact) mass is 306 g/mol. The number of carbonyl (C=O) groups excluding carboxylic acids is 1. The summed E-state index contributed by atoms with van der Waals surface area (Å²) < 4.78 is 5.91. The van der Waals surface area contributed by atoms with Gasteiger partial charge in [-0.3, -0.25) is 4.79 Å². The molecule has 0 aliphatic heterocycles. The maximum atomic E-state index is 12.2. The number of hydrogen-bond donors (Lipinski definition) is 2. The van der Waals surface area contributed by atoms with Crippen molar-refractivity contribution in [2.24, 2.45) is 5.73 Å². The first kappa shape index (κ1) is 18.7. The third-order valence-corrected chi connectivity index (χ3v) is 3.53. The van der Waals surface area contributed by atoms with Gasteiger partial charge in [0.15, 0.2) is 0 Å². The van der Waals surface area contributed by atoms with Gasteiger partial charge in [0.05, 0.1) is 24.2 Å². The molecule has 22 heavy (non-hydrogen) atoms. The summed E-state index contributed by atoms with van der Waals surface area (Å²) in [7, 11) is 0. The number of carbonyl (C=O) groups is 1. The van der Waals surface area contributed by atoms with E-state index in [0.717, 1.165) is 12.0 Å². The predicted octanol–water partition coefficient (Wildman–Crippen LogP) is 2.58. The molecule has 0 unspecified atom stereocenters. The summed E-state index contributed by atoms with van der Waals surface area (Å²) >= 11 is 0. The summed E-state index contributed by atoms with van der Waals surface area (Å²) in [5.74, 6) is 0.00841. The molecule has 3 N–H and O–H groups in total. The third kappa shape index (κ3) is 7.05. The van der Waals surface area contributed by atoms with Gasteiger partial charge in [-0.15, -0.1) is 0 Å². The fraction of sp³-hybridized carbons (Fsp3) is 0.611. The van der Waals surface area contributed by atoms with E-state index in [1.807, 2.05) is 58.9 Å². The largest absolute Gasteiger partial charge is 0.373 e. The van der Waals surface area contributed by atoms with Gasteiger partial charge in [0.2, 0.25) is 5.91 Å². The topological polar surface area (TPSA) is 64.3 Å². The summed E-state index contributed by atoms with van der Waals surface area (Å²) in [4.78, 5) is 12.2. The number of hydrogen-bond acceptors (Lipinski definition) is 3. The standard InChI is InChI=1S/C18H30N2O2/c1-14-6-8-15(9-7-14)12-16(21)20-17(2,3)13-22-18(4,5)10-11-19/h6-9H,10-13,19H2,1-5H3,(H,20,21). The van der Waals surface area contributed by atoms with E-state index in [2.05, 4.69) is 5.32 Å². The lowest BCUT2D eigenvalue weighted by Crippen LogP contribution is -2.49. The summed E-state index contributed by atoms with van der Waals surface area (Å²) in [5, 5.41) is 3.04. The second-order valence-electron chi connectivity index (χ2n) is 7.18. The average molecular weight is 306 g/mol. The SMILES string of the molecule is Cc1ccc(CC(=O)NC(C)(C)COC(C)(C)CCN)cc1. The molecule has 0 aliphatic carbocycles. The van der Waals surface area contributed by atoms with Crippen molar-refractivity contribution in [2.45, 2.75) is 58.6 Å². The van der Waals surface area contributed by atoms with E-state index in [1.54, 1.807) is 0 Å². The van der Waals surface area contributed by atoms with Crippen LogP contribution in [0.5, 0.6) is 0 Å². The molecule has 0 radical (unpaired) electrons. The normalized spacial score (nSPS) is 12.3. The van der Waals surface area contributed by atoms with Crippen molar-refractivity contribution in [3.05, 3.63) is 35.4 Å². The molecule has 0 aromatic heterocycles. The molecular formula is C18H30N2O2. The number of aryl methyl sites for hydroxylation is 1. The lowest BCUT2D eigenvalue weighted by atomic mass is 10.0. The van der Waals surface area contributed by atoms with Gasteiger partial charge in [0.25, 0.3) is 0 Å². The smallest absolute Gasteiger partial charge is 0.224 e. The zero-order chi connectivity index (χ0) is 16.8. The molecule has 0 bridgehead atoms. The lowest BCUT2D eigenvalue weighted by Gasteiger charge is -2.32. The molecule has 1 amide bonds. The van der Waals surface area contributed by atoms with Gasteiger partial charge >= 0.3 is 0 Å². The Labute approximate surface area is 134 Å². The van der Waals surface area contributed by atoms with Gasteiger partial charge in [0, 0.05) is 0 Å². The van der Waals surface area contributed by atoms with Crippen LogP contribution in [-0.2, 0) is 16.0 Å². The molecule has 0 heterocycles. The van der Waals surface area contributed by atoms with E-state index >= 15 is 0 Å². The highest BCUT2D eigenvalue weighted by Crippen LogP contribution is 2.16. The molecule has 124 valence electrons. The Morgan fingerprint density at radius 3 is 2.32 bits per heavy atom. The highest BCUT2D eigenvalue weighted by molar-refractivity contribution is 5.79. The van der Waals surface area contributed by atoms with Crippen LogP contribution in [0.3, 0.4) is 0 Å². The lowest BCUT2D eigenvalue weighted by molar-refractivity contribution is -0.124. The predicted molar refractivity (Wildman–Crippen MR) is 90.8 cm³/mol. The number of benzene rings is 1. The van der Waals surface area contributed by atoms with Crippen molar-refractivity contribution in [3.8, 4) is 0 Å². The second kappa shape index (κ2) is 7.75. The van der Waals surface area contributed by atoms with Gasteiger partial charge in [-0.2, -0.15) is 0 Å². The Morgan fingerprint density at radius 1 is 1.18 bits per heavy atom. The van der Waals surface area contributed by atoms with E-state index in [1.165, 1.54) is 5.56 Å². The Balaban J connectivity index is 2.49. The van der Waals surface area contributed by atoms with E-state index in [9.17, 15) is 4.79 Å².